The summed E-state index contributed by atoms with van der Waals surface area (Å²) < 4.78 is 5.22. The highest BCUT2D eigenvalue weighted by atomic mass is 16.7. The van der Waals surface area contributed by atoms with E-state index in [1.165, 1.54) is 0 Å². The number of phenols is 4. The van der Waals surface area contributed by atoms with Gasteiger partial charge in [0.2, 0.25) is 5.79 Å². The Labute approximate surface area is 129 Å². The Bertz CT molecular complexity index is 785. The van der Waals surface area contributed by atoms with Crippen LogP contribution in [0.15, 0.2) is 30.3 Å². The zero-order valence-corrected chi connectivity index (χ0v) is 11.6. The summed E-state index contributed by atoms with van der Waals surface area (Å²) >= 11 is 0. The second kappa shape index (κ2) is 4.66. The smallest absolute Gasteiger partial charge is 0.289 e. The molecule has 1 atom stereocenters. The molecule has 8 nitrogen and oxygen atoms in total. The second-order valence-electron chi connectivity index (χ2n) is 5.38. The molecule has 0 aromatic heterocycles. The number of fused-ring (bicyclic) bond motifs is 1. The van der Waals surface area contributed by atoms with Gasteiger partial charge >= 0.3 is 0 Å². The molecule has 8 heteroatoms. The molecule has 7 N–H and O–H groups in total. The molecule has 0 unspecified atom stereocenters. The lowest BCUT2D eigenvalue weighted by Crippen LogP contribution is -2.59. The molecule has 0 bridgehead atoms. The molecule has 0 saturated heterocycles. The molecule has 23 heavy (non-hydrogen) atoms. The summed E-state index contributed by atoms with van der Waals surface area (Å²) in [6.07, 6.45) is -0.605. The van der Waals surface area contributed by atoms with Gasteiger partial charge in [0, 0.05) is 29.7 Å². The number of benzene rings is 2. The number of rotatable bonds is 1. The summed E-state index contributed by atoms with van der Waals surface area (Å²) in [4.78, 5) is 0. The fourth-order valence-corrected chi connectivity index (χ4v) is 2.52. The summed E-state index contributed by atoms with van der Waals surface area (Å²) in [5.41, 5.74) is -0.258. The van der Waals surface area contributed by atoms with Gasteiger partial charge in [-0.1, -0.05) is 0 Å². The fourth-order valence-electron chi connectivity index (χ4n) is 2.52. The van der Waals surface area contributed by atoms with Crippen molar-refractivity contribution in [2.75, 3.05) is 0 Å². The van der Waals surface area contributed by atoms with Crippen molar-refractivity contribution in [2.24, 2.45) is 0 Å². The molecule has 0 amide bonds. The van der Waals surface area contributed by atoms with Gasteiger partial charge in [0.05, 0.1) is 0 Å². The average Bonchev–Trinajstić information content (AvgIpc) is 2.44. The predicted molar refractivity (Wildman–Crippen MR) is 74.9 cm³/mol. The lowest BCUT2D eigenvalue weighted by Gasteiger charge is -2.43. The largest absolute Gasteiger partial charge is 0.508 e. The minimum Gasteiger partial charge on any atom is -0.508 e. The van der Waals surface area contributed by atoms with E-state index < -0.39 is 35.2 Å². The number of hydrogen-bond donors (Lipinski definition) is 7. The zero-order valence-electron chi connectivity index (χ0n) is 11.6. The Hall–Kier alpha value is -2.68. The van der Waals surface area contributed by atoms with E-state index >= 15 is 0 Å². The molecule has 1 aliphatic heterocycles. The van der Waals surface area contributed by atoms with Crippen LogP contribution in [0.25, 0.3) is 0 Å². The topological polar surface area (TPSA) is 151 Å². The number of aliphatic hydroxyl groups is 3. The zero-order chi connectivity index (χ0) is 17.0. The van der Waals surface area contributed by atoms with Crippen molar-refractivity contribution in [1.29, 1.82) is 0 Å². The van der Waals surface area contributed by atoms with Crippen molar-refractivity contribution < 1.29 is 40.5 Å². The third kappa shape index (κ3) is 2.20. The molecule has 2 aromatic rings. The SMILES string of the molecule is Oc1cc(O)c2c(c1)O[C@](O)(c1ccc(O)c(O)c1)C(O)(O)C2. The highest BCUT2D eigenvalue weighted by Gasteiger charge is 2.56. The highest BCUT2D eigenvalue weighted by Crippen LogP contribution is 2.48. The minimum atomic E-state index is -2.85. The summed E-state index contributed by atoms with van der Waals surface area (Å²) in [6, 6.07) is 5.16. The van der Waals surface area contributed by atoms with Crippen LogP contribution in [-0.2, 0) is 12.2 Å². The Morgan fingerprint density at radius 1 is 0.826 bits per heavy atom. The normalized spacial score (nSPS) is 22.2. The van der Waals surface area contributed by atoms with Gasteiger partial charge in [-0.15, -0.1) is 0 Å². The monoisotopic (exact) mass is 322 g/mol. The van der Waals surface area contributed by atoms with E-state index in [1.807, 2.05) is 0 Å². The molecule has 2 aromatic carbocycles. The van der Waals surface area contributed by atoms with E-state index in [4.69, 9.17) is 4.74 Å². The van der Waals surface area contributed by atoms with Gasteiger partial charge in [0.25, 0.3) is 5.79 Å². The average molecular weight is 322 g/mol. The molecular weight excluding hydrogens is 308 g/mol. The summed E-state index contributed by atoms with van der Waals surface area (Å²) in [5, 5.41) is 69.2. The third-order valence-electron chi connectivity index (χ3n) is 3.76. The molecule has 0 saturated carbocycles. The van der Waals surface area contributed by atoms with Crippen molar-refractivity contribution in [3.05, 3.63) is 41.5 Å². The van der Waals surface area contributed by atoms with E-state index in [0.717, 1.165) is 30.3 Å². The van der Waals surface area contributed by atoms with Gasteiger partial charge < -0.3 is 40.5 Å². The van der Waals surface area contributed by atoms with Gasteiger partial charge in [-0.25, -0.2) is 0 Å². The molecule has 0 spiro atoms. The van der Waals surface area contributed by atoms with Gasteiger partial charge in [-0.2, -0.15) is 0 Å². The highest BCUT2D eigenvalue weighted by molar-refractivity contribution is 5.53. The van der Waals surface area contributed by atoms with E-state index in [0.29, 0.717) is 0 Å². The predicted octanol–water partition coefficient (Wildman–Crippen LogP) is -0.0299. The van der Waals surface area contributed by atoms with Crippen LogP contribution in [0.4, 0.5) is 0 Å². The van der Waals surface area contributed by atoms with Crippen LogP contribution in [-0.4, -0.2) is 41.5 Å². The summed E-state index contributed by atoms with van der Waals surface area (Å²) in [6.45, 7) is 0. The van der Waals surface area contributed by atoms with Gasteiger partial charge in [0.15, 0.2) is 11.5 Å². The first-order valence-corrected chi connectivity index (χ1v) is 6.57. The van der Waals surface area contributed by atoms with Crippen LogP contribution in [0.3, 0.4) is 0 Å². The molecule has 0 fully saturated rings. The van der Waals surface area contributed by atoms with E-state index in [-0.39, 0.29) is 22.6 Å². The van der Waals surface area contributed by atoms with Crippen molar-refractivity contribution in [1.82, 2.24) is 0 Å². The molecule has 0 aliphatic carbocycles. The van der Waals surface area contributed by atoms with Crippen molar-refractivity contribution >= 4 is 0 Å². The third-order valence-corrected chi connectivity index (χ3v) is 3.76. The Morgan fingerprint density at radius 3 is 2.17 bits per heavy atom. The minimum absolute atomic E-state index is 0.0134. The van der Waals surface area contributed by atoms with E-state index in [2.05, 4.69) is 0 Å². The van der Waals surface area contributed by atoms with Gasteiger partial charge in [0.1, 0.15) is 17.2 Å². The maximum atomic E-state index is 10.6. The van der Waals surface area contributed by atoms with Crippen LogP contribution in [0, 0.1) is 0 Å². The number of phenolic OH excluding ortho intramolecular Hbond substituents is 4. The van der Waals surface area contributed by atoms with Crippen molar-refractivity contribution in [3.63, 3.8) is 0 Å². The van der Waals surface area contributed by atoms with Crippen molar-refractivity contribution in [2.45, 2.75) is 18.0 Å². The quantitative estimate of drug-likeness (QED) is 0.286. The molecule has 3 rings (SSSR count). The second-order valence-corrected chi connectivity index (χ2v) is 5.38. The van der Waals surface area contributed by atoms with E-state index in [9.17, 15) is 35.7 Å². The first-order chi connectivity index (χ1) is 10.6. The van der Waals surface area contributed by atoms with Gasteiger partial charge in [-0.3, -0.25) is 0 Å². The first-order valence-electron chi connectivity index (χ1n) is 6.57. The summed E-state index contributed by atoms with van der Waals surface area (Å²) in [5.74, 6) is -7.55. The van der Waals surface area contributed by atoms with Crippen LogP contribution in [0.5, 0.6) is 28.7 Å². The number of aromatic hydroxyl groups is 4. The lowest BCUT2D eigenvalue weighted by molar-refractivity contribution is -0.359. The van der Waals surface area contributed by atoms with E-state index in [1.54, 1.807) is 0 Å². The Morgan fingerprint density at radius 2 is 1.52 bits per heavy atom. The van der Waals surface area contributed by atoms with Crippen LogP contribution in [0.2, 0.25) is 0 Å². The number of ether oxygens (including phenoxy) is 1. The van der Waals surface area contributed by atoms with Crippen LogP contribution >= 0.6 is 0 Å². The summed E-state index contributed by atoms with van der Waals surface area (Å²) in [7, 11) is 0. The number of hydrogen-bond acceptors (Lipinski definition) is 8. The molecular formula is C15H14O8. The lowest BCUT2D eigenvalue weighted by atomic mass is 9.87. The molecule has 0 radical (unpaired) electrons. The molecule has 1 aliphatic rings. The van der Waals surface area contributed by atoms with Crippen LogP contribution in [0.1, 0.15) is 11.1 Å². The standard InChI is InChI=1S/C15H14O8/c16-8-4-11(18)9-6-14(20,21)15(22,23-13(9)5-8)7-1-2-10(17)12(19)3-7/h1-5,16-22H,6H2/t15-/m1/s1. The van der Waals surface area contributed by atoms with Gasteiger partial charge in [-0.05, 0) is 18.2 Å². The Balaban J connectivity index is 2.16. The molecule has 122 valence electrons. The maximum Gasteiger partial charge on any atom is 0.289 e. The van der Waals surface area contributed by atoms with Crippen molar-refractivity contribution in [3.8, 4) is 28.7 Å². The van der Waals surface area contributed by atoms with Crippen LogP contribution < -0.4 is 4.74 Å². The fraction of sp³-hybridized carbons (Fsp3) is 0.200. The maximum absolute atomic E-state index is 10.6. The first kappa shape index (κ1) is 15.2. The molecule has 1 heterocycles. The Kier molecular flexibility index (Phi) is 3.08.